The van der Waals surface area contributed by atoms with Gasteiger partial charge >= 0.3 is 5.97 Å². The predicted molar refractivity (Wildman–Crippen MR) is 66.6 cm³/mol. The Morgan fingerprint density at radius 3 is 2.79 bits per heavy atom. The Morgan fingerprint density at radius 2 is 2.11 bits per heavy atom. The van der Waals surface area contributed by atoms with Crippen molar-refractivity contribution in [2.24, 2.45) is 0 Å². The summed E-state index contributed by atoms with van der Waals surface area (Å²) in [7, 11) is 0. The van der Waals surface area contributed by atoms with Crippen molar-refractivity contribution in [3.8, 4) is 5.69 Å². The first-order valence-electron chi connectivity index (χ1n) is 5.46. The summed E-state index contributed by atoms with van der Waals surface area (Å²) in [5.74, 6) is -1.70. The molecule has 2 aromatic heterocycles. The lowest BCUT2D eigenvalue weighted by molar-refractivity contribution is 0.0663. The Balaban J connectivity index is 2.48. The summed E-state index contributed by atoms with van der Waals surface area (Å²) in [5.41, 5.74) is -0.213. The van der Waals surface area contributed by atoms with Gasteiger partial charge in [0.2, 0.25) is 11.2 Å². The van der Waals surface area contributed by atoms with Crippen LogP contribution in [0.25, 0.3) is 16.7 Å². The SMILES string of the molecule is O=C(O)c1oc2ccccc2c(=O)c1-n1ccnc1. The van der Waals surface area contributed by atoms with Crippen LogP contribution in [0.3, 0.4) is 0 Å². The average Bonchev–Trinajstić information content (AvgIpc) is 2.92. The summed E-state index contributed by atoms with van der Waals surface area (Å²) in [5, 5.41) is 9.51. The van der Waals surface area contributed by atoms with E-state index >= 15 is 0 Å². The van der Waals surface area contributed by atoms with E-state index in [0.717, 1.165) is 0 Å². The van der Waals surface area contributed by atoms with E-state index in [2.05, 4.69) is 4.98 Å². The zero-order valence-electron chi connectivity index (χ0n) is 9.61. The topological polar surface area (TPSA) is 85.3 Å². The standard InChI is InChI=1S/C13H8N2O4/c16-11-8-3-1-2-4-9(8)19-12(13(17)18)10(11)15-6-5-14-7-15/h1-7H,(H,17,18). The molecule has 6 nitrogen and oxygen atoms in total. The molecule has 0 radical (unpaired) electrons. The third-order valence-corrected chi connectivity index (χ3v) is 2.73. The minimum Gasteiger partial charge on any atom is -0.475 e. The maximum absolute atomic E-state index is 12.4. The molecule has 6 heteroatoms. The first-order valence-corrected chi connectivity index (χ1v) is 5.46. The molecule has 3 aromatic rings. The van der Waals surface area contributed by atoms with Gasteiger partial charge in [-0.3, -0.25) is 9.36 Å². The van der Waals surface area contributed by atoms with E-state index in [1.165, 1.54) is 23.3 Å². The van der Waals surface area contributed by atoms with Crippen molar-refractivity contribution in [1.82, 2.24) is 9.55 Å². The fourth-order valence-corrected chi connectivity index (χ4v) is 1.90. The molecule has 0 amide bonds. The molecule has 0 saturated heterocycles. The zero-order valence-corrected chi connectivity index (χ0v) is 9.61. The molecule has 2 heterocycles. The van der Waals surface area contributed by atoms with Gasteiger partial charge in [-0.25, -0.2) is 9.78 Å². The summed E-state index contributed by atoms with van der Waals surface area (Å²) in [6.07, 6.45) is 4.31. The van der Waals surface area contributed by atoms with Crippen LogP contribution in [0.5, 0.6) is 0 Å². The van der Waals surface area contributed by atoms with Gasteiger partial charge in [0.1, 0.15) is 11.3 Å². The second-order valence-electron chi connectivity index (χ2n) is 3.88. The lowest BCUT2D eigenvalue weighted by atomic mass is 10.2. The van der Waals surface area contributed by atoms with E-state index in [-0.39, 0.29) is 11.3 Å². The number of aromatic nitrogens is 2. The van der Waals surface area contributed by atoms with Crippen molar-refractivity contribution < 1.29 is 14.3 Å². The van der Waals surface area contributed by atoms with Gasteiger partial charge in [0.05, 0.1) is 11.7 Å². The monoisotopic (exact) mass is 256 g/mol. The van der Waals surface area contributed by atoms with Gasteiger partial charge in [-0.15, -0.1) is 0 Å². The number of carboxylic acid groups (broad SMARTS) is 1. The van der Waals surface area contributed by atoms with E-state index in [1.54, 1.807) is 24.3 Å². The van der Waals surface area contributed by atoms with Gasteiger partial charge in [-0.2, -0.15) is 0 Å². The van der Waals surface area contributed by atoms with E-state index in [4.69, 9.17) is 4.42 Å². The van der Waals surface area contributed by atoms with Crippen molar-refractivity contribution in [2.45, 2.75) is 0 Å². The fraction of sp³-hybridized carbons (Fsp3) is 0. The Kier molecular flexibility index (Phi) is 2.42. The summed E-state index contributed by atoms with van der Waals surface area (Å²) in [6.45, 7) is 0. The Bertz CT molecular complexity index is 818. The van der Waals surface area contributed by atoms with Gasteiger partial charge in [-0.1, -0.05) is 12.1 Å². The first-order chi connectivity index (χ1) is 9.18. The molecule has 0 unspecified atom stereocenters. The molecule has 0 spiro atoms. The highest BCUT2D eigenvalue weighted by Gasteiger charge is 2.20. The summed E-state index contributed by atoms with van der Waals surface area (Å²) >= 11 is 0. The van der Waals surface area contributed by atoms with Gasteiger partial charge in [-0.05, 0) is 12.1 Å². The highest BCUT2D eigenvalue weighted by Crippen LogP contribution is 2.18. The van der Waals surface area contributed by atoms with Crippen LogP contribution in [0.1, 0.15) is 10.6 Å². The van der Waals surface area contributed by atoms with Crippen LogP contribution < -0.4 is 5.43 Å². The molecule has 0 saturated carbocycles. The van der Waals surface area contributed by atoms with E-state index < -0.39 is 17.2 Å². The molecule has 94 valence electrons. The van der Waals surface area contributed by atoms with Crippen LogP contribution in [0.15, 0.2) is 52.2 Å². The highest BCUT2D eigenvalue weighted by molar-refractivity contribution is 5.92. The van der Waals surface area contributed by atoms with E-state index in [0.29, 0.717) is 5.39 Å². The number of fused-ring (bicyclic) bond motifs is 1. The van der Waals surface area contributed by atoms with Crippen LogP contribution in [-0.4, -0.2) is 20.6 Å². The lowest BCUT2D eigenvalue weighted by Crippen LogP contribution is -2.17. The number of hydrogen-bond acceptors (Lipinski definition) is 4. The maximum atomic E-state index is 12.4. The number of carbonyl (C=O) groups is 1. The highest BCUT2D eigenvalue weighted by atomic mass is 16.4. The normalized spacial score (nSPS) is 10.7. The number of aromatic carboxylic acids is 1. The van der Waals surface area contributed by atoms with Gasteiger partial charge in [0.25, 0.3) is 0 Å². The number of nitrogens with zero attached hydrogens (tertiary/aromatic N) is 2. The van der Waals surface area contributed by atoms with Crippen molar-refractivity contribution >= 4 is 16.9 Å². The minimum absolute atomic E-state index is 0.0521. The molecule has 0 atom stereocenters. The van der Waals surface area contributed by atoms with Crippen molar-refractivity contribution in [3.05, 3.63) is 59.0 Å². The minimum atomic E-state index is -1.30. The molecule has 19 heavy (non-hydrogen) atoms. The first kappa shape index (κ1) is 11.2. The largest absolute Gasteiger partial charge is 0.475 e. The fourth-order valence-electron chi connectivity index (χ4n) is 1.90. The molecule has 0 bridgehead atoms. The molecule has 1 aromatic carbocycles. The number of hydrogen-bond donors (Lipinski definition) is 1. The Morgan fingerprint density at radius 1 is 1.32 bits per heavy atom. The molecular weight excluding hydrogens is 248 g/mol. The van der Waals surface area contributed by atoms with Crippen LogP contribution in [0, 0.1) is 0 Å². The number of rotatable bonds is 2. The van der Waals surface area contributed by atoms with E-state index in [1.807, 2.05) is 0 Å². The molecule has 0 fully saturated rings. The van der Waals surface area contributed by atoms with Crippen LogP contribution >= 0.6 is 0 Å². The third kappa shape index (κ3) is 1.70. The zero-order chi connectivity index (χ0) is 13.4. The van der Waals surface area contributed by atoms with Crippen LogP contribution in [0.4, 0.5) is 0 Å². The lowest BCUT2D eigenvalue weighted by Gasteiger charge is -2.06. The van der Waals surface area contributed by atoms with Gasteiger partial charge in [0, 0.05) is 12.4 Å². The quantitative estimate of drug-likeness (QED) is 0.753. The smallest absolute Gasteiger partial charge is 0.374 e. The Labute approximate surface area is 106 Å². The summed E-state index contributed by atoms with van der Waals surface area (Å²) in [6, 6.07) is 6.51. The van der Waals surface area contributed by atoms with Crippen molar-refractivity contribution in [2.75, 3.05) is 0 Å². The summed E-state index contributed by atoms with van der Waals surface area (Å²) in [4.78, 5) is 27.4. The second-order valence-corrected chi connectivity index (χ2v) is 3.88. The predicted octanol–water partition coefficient (Wildman–Crippen LogP) is 1.68. The van der Waals surface area contributed by atoms with Crippen molar-refractivity contribution in [1.29, 1.82) is 0 Å². The molecular formula is C13H8N2O4. The van der Waals surface area contributed by atoms with Crippen molar-refractivity contribution in [3.63, 3.8) is 0 Å². The van der Waals surface area contributed by atoms with Gasteiger partial charge in [0.15, 0.2) is 0 Å². The third-order valence-electron chi connectivity index (χ3n) is 2.73. The Hall–Kier alpha value is -2.89. The summed E-state index contributed by atoms with van der Waals surface area (Å²) < 4.78 is 6.65. The molecule has 1 N–H and O–H groups in total. The number of benzene rings is 1. The molecule has 0 aliphatic rings. The number of carboxylic acids is 1. The van der Waals surface area contributed by atoms with E-state index in [9.17, 15) is 14.7 Å². The second kappa shape index (κ2) is 4.09. The van der Waals surface area contributed by atoms with Crippen LogP contribution in [0.2, 0.25) is 0 Å². The number of para-hydroxylation sites is 1. The molecule has 0 aliphatic heterocycles. The average molecular weight is 256 g/mol. The molecule has 3 rings (SSSR count). The van der Waals surface area contributed by atoms with Gasteiger partial charge < -0.3 is 9.52 Å². The molecule has 0 aliphatic carbocycles. The number of imidazole rings is 1. The maximum Gasteiger partial charge on any atom is 0.374 e. The van der Waals surface area contributed by atoms with Crippen LogP contribution in [-0.2, 0) is 0 Å².